The van der Waals surface area contributed by atoms with Gasteiger partial charge in [-0.25, -0.2) is 4.79 Å². The summed E-state index contributed by atoms with van der Waals surface area (Å²) in [6.45, 7) is 1.86. The minimum Gasteiger partial charge on any atom is -0.502 e. The summed E-state index contributed by atoms with van der Waals surface area (Å²) in [5.41, 5.74) is 1.21. The van der Waals surface area contributed by atoms with Crippen LogP contribution in [0.25, 0.3) is 6.08 Å². The summed E-state index contributed by atoms with van der Waals surface area (Å²) in [5, 5.41) is 9.80. The van der Waals surface area contributed by atoms with Gasteiger partial charge in [0.2, 0.25) is 5.75 Å². The summed E-state index contributed by atoms with van der Waals surface area (Å²) >= 11 is 0. The van der Waals surface area contributed by atoms with E-state index >= 15 is 0 Å². The number of rotatable bonds is 5. The van der Waals surface area contributed by atoms with Gasteiger partial charge in [-0.3, -0.25) is 0 Å². The largest absolute Gasteiger partial charge is 0.502 e. The van der Waals surface area contributed by atoms with Crippen LogP contribution >= 0.6 is 0 Å². The van der Waals surface area contributed by atoms with Crippen molar-refractivity contribution in [2.45, 2.75) is 13.3 Å². The molecule has 0 heterocycles. The third kappa shape index (κ3) is 3.40. The number of hydrogen-bond donors (Lipinski definition) is 1. The smallest absolute Gasteiger partial charge is 0.333 e. The van der Waals surface area contributed by atoms with Crippen molar-refractivity contribution in [3.63, 3.8) is 0 Å². The van der Waals surface area contributed by atoms with Gasteiger partial charge in [0.25, 0.3) is 0 Å². The number of phenols is 1. The predicted molar refractivity (Wildman–Crippen MR) is 71.5 cm³/mol. The molecular weight excluding hydrogens is 248 g/mol. The molecule has 1 N–H and O–H groups in total. The minimum absolute atomic E-state index is 0.0710. The van der Waals surface area contributed by atoms with E-state index < -0.39 is 0 Å². The maximum absolute atomic E-state index is 11.5. The fraction of sp³-hybridized carbons (Fsp3) is 0.357. The topological polar surface area (TPSA) is 65.0 Å². The fourth-order valence-electron chi connectivity index (χ4n) is 1.63. The molecule has 0 unspecified atom stereocenters. The molecule has 1 rings (SSSR count). The number of methoxy groups -OCH3 is 3. The first-order chi connectivity index (χ1) is 9.07. The molecule has 0 aliphatic carbocycles. The zero-order chi connectivity index (χ0) is 14.4. The van der Waals surface area contributed by atoms with Gasteiger partial charge in [-0.2, -0.15) is 0 Å². The number of ether oxygens (including phenoxy) is 3. The van der Waals surface area contributed by atoms with E-state index in [9.17, 15) is 9.90 Å². The van der Waals surface area contributed by atoms with Gasteiger partial charge < -0.3 is 19.3 Å². The van der Waals surface area contributed by atoms with Crippen LogP contribution in [0.5, 0.6) is 17.2 Å². The lowest BCUT2D eigenvalue weighted by Gasteiger charge is -2.10. The summed E-state index contributed by atoms with van der Waals surface area (Å²) in [4.78, 5) is 11.5. The van der Waals surface area contributed by atoms with Gasteiger partial charge in [-0.15, -0.1) is 0 Å². The van der Waals surface area contributed by atoms with Crippen LogP contribution in [0, 0.1) is 0 Å². The molecule has 19 heavy (non-hydrogen) atoms. The van der Waals surface area contributed by atoms with Crippen molar-refractivity contribution in [3.8, 4) is 17.2 Å². The maximum atomic E-state index is 11.5. The lowest BCUT2D eigenvalue weighted by molar-refractivity contribution is -0.136. The number of phenolic OH excluding ortho intramolecular Hbond substituents is 1. The van der Waals surface area contributed by atoms with Crippen LogP contribution in [-0.2, 0) is 9.53 Å². The molecule has 0 atom stereocenters. The first-order valence-electron chi connectivity index (χ1n) is 5.81. The van der Waals surface area contributed by atoms with Gasteiger partial charge in [0.15, 0.2) is 11.5 Å². The van der Waals surface area contributed by atoms with E-state index in [0.29, 0.717) is 17.6 Å². The Balaban J connectivity index is 3.27. The molecule has 0 bridgehead atoms. The Morgan fingerprint density at radius 1 is 1.21 bits per heavy atom. The lowest BCUT2D eigenvalue weighted by Crippen LogP contribution is -2.03. The average Bonchev–Trinajstić information content (AvgIpc) is 2.45. The number of esters is 1. The standard InChI is InChI=1S/C14H18O5/c1-5-10(14(16)19-4)6-9-7-11(17-2)13(15)12(8-9)18-3/h6-8,15H,5H2,1-4H3/b10-6+. The normalized spacial score (nSPS) is 11.1. The zero-order valence-corrected chi connectivity index (χ0v) is 11.5. The molecule has 5 nitrogen and oxygen atoms in total. The van der Waals surface area contributed by atoms with Crippen molar-refractivity contribution in [2.24, 2.45) is 0 Å². The molecule has 1 aromatic carbocycles. The second-order valence-electron chi connectivity index (χ2n) is 3.79. The summed E-state index contributed by atoms with van der Waals surface area (Å²) in [6, 6.07) is 3.24. The average molecular weight is 266 g/mol. The third-order valence-corrected chi connectivity index (χ3v) is 2.67. The molecular formula is C14H18O5. The van der Waals surface area contributed by atoms with Crippen LogP contribution < -0.4 is 9.47 Å². The third-order valence-electron chi connectivity index (χ3n) is 2.67. The summed E-state index contributed by atoms with van der Waals surface area (Å²) in [5.74, 6) is 0.114. The van der Waals surface area contributed by atoms with Crippen molar-refractivity contribution >= 4 is 12.0 Å². The Hall–Kier alpha value is -2.17. The molecule has 1 aromatic rings. The second-order valence-corrected chi connectivity index (χ2v) is 3.79. The van der Waals surface area contributed by atoms with E-state index in [1.165, 1.54) is 21.3 Å². The highest BCUT2D eigenvalue weighted by Gasteiger charge is 2.12. The first kappa shape index (κ1) is 14.9. The number of benzene rings is 1. The van der Waals surface area contributed by atoms with Gasteiger partial charge >= 0.3 is 5.97 Å². The van der Waals surface area contributed by atoms with Crippen LogP contribution in [0.4, 0.5) is 0 Å². The Bertz CT molecular complexity index is 466. The Labute approximate surface area is 112 Å². The lowest BCUT2D eigenvalue weighted by atomic mass is 10.1. The Morgan fingerprint density at radius 3 is 2.11 bits per heavy atom. The molecule has 0 saturated heterocycles. The predicted octanol–water partition coefficient (Wildman–Crippen LogP) is 2.38. The Kier molecular flexibility index (Phi) is 5.23. The van der Waals surface area contributed by atoms with Crippen LogP contribution in [0.3, 0.4) is 0 Å². The van der Waals surface area contributed by atoms with Crippen molar-refractivity contribution in [1.82, 2.24) is 0 Å². The van der Waals surface area contributed by atoms with E-state index in [1.807, 2.05) is 6.92 Å². The zero-order valence-electron chi connectivity index (χ0n) is 11.5. The Morgan fingerprint density at radius 2 is 1.74 bits per heavy atom. The number of aromatic hydroxyl groups is 1. The van der Waals surface area contributed by atoms with Gasteiger partial charge in [0.1, 0.15) is 0 Å². The quantitative estimate of drug-likeness (QED) is 0.654. The van der Waals surface area contributed by atoms with Crippen molar-refractivity contribution in [2.75, 3.05) is 21.3 Å². The summed E-state index contributed by atoms with van der Waals surface area (Å²) in [6.07, 6.45) is 2.22. The van der Waals surface area contributed by atoms with Crippen molar-refractivity contribution in [3.05, 3.63) is 23.3 Å². The monoisotopic (exact) mass is 266 g/mol. The molecule has 0 aliphatic heterocycles. The molecule has 0 aliphatic rings. The highest BCUT2D eigenvalue weighted by Crippen LogP contribution is 2.37. The first-order valence-corrected chi connectivity index (χ1v) is 5.81. The van der Waals surface area contributed by atoms with Gasteiger partial charge in [-0.05, 0) is 30.2 Å². The van der Waals surface area contributed by atoms with Crippen LogP contribution in [0.1, 0.15) is 18.9 Å². The molecule has 0 amide bonds. The second kappa shape index (κ2) is 6.68. The molecule has 0 saturated carbocycles. The number of carbonyl (C=O) groups excluding carboxylic acids is 1. The molecule has 5 heteroatoms. The van der Waals surface area contributed by atoms with E-state index in [2.05, 4.69) is 0 Å². The number of hydrogen-bond acceptors (Lipinski definition) is 5. The van der Waals surface area contributed by atoms with Crippen LogP contribution in [0.2, 0.25) is 0 Å². The van der Waals surface area contributed by atoms with Gasteiger partial charge in [0, 0.05) is 5.57 Å². The molecule has 104 valence electrons. The van der Waals surface area contributed by atoms with E-state index in [-0.39, 0.29) is 23.2 Å². The highest BCUT2D eigenvalue weighted by atomic mass is 16.5. The van der Waals surface area contributed by atoms with Crippen LogP contribution in [-0.4, -0.2) is 32.4 Å². The highest BCUT2D eigenvalue weighted by molar-refractivity contribution is 5.93. The molecule has 0 radical (unpaired) electrons. The summed E-state index contributed by atoms with van der Waals surface area (Å²) < 4.78 is 14.8. The fourth-order valence-corrected chi connectivity index (χ4v) is 1.63. The molecule has 0 aromatic heterocycles. The van der Waals surface area contributed by atoms with Crippen LogP contribution in [0.15, 0.2) is 17.7 Å². The molecule has 0 fully saturated rings. The SMILES string of the molecule is CC/C(=C\c1cc(OC)c(O)c(OC)c1)C(=O)OC. The van der Waals surface area contributed by atoms with Crippen molar-refractivity contribution < 1.29 is 24.1 Å². The van der Waals surface area contributed by atoms with Crippen molar-refractivity contribution in [1.29, 1.82) is 0 Å². The number of carbonyl (C=O) groups is 1. The van der Waals surface area contributed by atoms with E-state index in [0.717, 1.165) is 0 Å². The van der Waals surface area contributed by atoms with E-state index in [4.69, 9.17) is 14.2 Å². The van der Waals surface area contributed by atoms with E-state index in [1.54, 1.807) is 18.2 Å². The summed E-state index contributed by atoms with van der Waals surface area (Å²) in [7, 11) is 4.23. The minimum atomic E-state index is -0.381. The van der Waals surface area contributed by atoms with Gasteiger partial charge in [0.05, 0.1) is 21.3 Å². The molecule has 0 spiro atoms. The van der Waals surface area contributed by atoms with Gasteiger partial charge in [-0.1, -0.05) is 6.92 Å². The maximum Gasteiger partial charge on any atom is 0.333 e.